The molecule has 0 atom stereocenters. The molecule has 0 spiro atoms. The molecule has 154 valence electrons. The first-order valence-electron chi connectivity index (χ1n) is 8.53. The number of hydrogen-bond donors (Lipinski definition) is 2. The number of carbonyl (C=O) groups excluding carboxylic acids is 2. The highest BCUT2D eigenvalue weighted by Gasteiger charge is 2.64. The number of phenols is 1. The van der Waals surface area contributed by atoms with Crippen LogP contribution in [-0.2, 0) is 17.6 Å². The molecule has 0 bridgehead atoms. The number of alkyl halides is 3. The maximum atomic E-state index is 13.9. The zero-order valence-corrected chi connectivity index (χ0v) is 16.4. The third-order valence-corrected chi connectivity index (χ3v) is 5.24. The van der Waals surface area contributed by atoms with Crippen molar-refractivity contribution in [1.82, 2.24) is 10.3 Å². The number of ketones is 1. The Kier molecular flexibility index (Phi) is 5.66. The van der Waals surface area contributed by atoms with E-state index in [1.165, 1.54) is 18.3 Å². The second kappa shape index (κ2) is 7.74. The van der Waals surface area contributed by atoms with Crippen molar-refractivity contribution in [3.63, 3.8) is 0 Å². The van der Waals surface area contributed by atoms with E-state index in [-0.39, 0.29) is 47.2 Å². The van der Waals surface area contributed by atoms with E-state index in [0.29, 0.717) is 5.56 Å². The number of carbonyl (C=O) groups is 2. The zero-order chi connectivity index (χ0) is 21.4. The first-order valence-corrected chi connectivity index (χ1v) is 9.33. The molecule has 1 aromatic heterocycles. The molecule has 1 heterocycles. The third-order valence-electron chi connectivity index (χ3n) is 4.61. The maximum absolute atomic E-state index is 13.9. The van der Waals surface area contributed by atoms with Crippen LogP contribution in [0.2, 0.25) is 0 Å². The largest absolute Gasteiger partial charge is 0.507 e. The van der Waals surface area contributed by atoms with Crippen molar-refractivity contribution in [3.05, 3.63) is 57.6 Å². The van der Waals surface area contributed by atoms with Crippen LogP contribution in [0.1, 0.15) is 34.5 Å². The molecule has 10 heteroatoms. The monoisotopic (exact) mass is 474 g/mol. The lowest BCUT2D eigenvalue weighted by Crippen LogP contribution is -2.48. The fourth-order valence-electron chi connectivity index (χ4n) is 2.81. The topological polar surface area (TPSA) is 79.3 Å². The van der Waals surface area contributed by atoms with Crippen molar-refractivity contribution >= 4 is 27.6 Å². The Balaban J connectivity index is 1.68. The summed E-state index contributed by atoms with van der Waals surface area (Å²) in [6, 6.07) is 4.85. The minimum absolute atomic E-state index is 0.00331. The molecule has 5 nitrogen and oxygen atoms in total. The summed E-state index contributed by atoms with van der Waals surface area (Å²) in [5, 5.41) is 11.6. The molecule has 29 heavy (non-hydrogen) atoms. The smallest absolute Gasteiger partial charge is 0.411 e. The van der Waals surface area contributed by atoms with Gasteiger partial charge in [0.15, 0.2) is 0 Å². The van der Waals surface area contributed by atoms with Gasteiger partial charge in [0.25, 0.3) is 5.91 Å². The van der Waals surface area contributed by atoms with Crippen molar-refractivity contribution in [2.75, 3.05) is 0 Å². The summed E-state index contributed by atoms with van der Waals surface area (Å²) in [7, 11) is 0. The number of phenolic OH excluding ortho intramolecular Hbond substituents is 1. The molecule has 3 rings (SSSR count). The molecular weight excluding hydrogens is 460 g/mol. The van der Waals surface area contributed by atoms with E-state index in [1.807, 2.05) is 5.32 Å². The summed E-state index contributed by atoms with van der Waals surface area (Å²) in [5.74, 6) is -2.26. The summed E-state index contributed by atoms with van der Waals surface area (Å²) in [6.45, 7) is 0. The van der Waals surface area contributed by atoms with Gasteiger partial charge in [0.1, 0.15) is 28.6 Å². The molecule has 1 aliphatic carbocycles. The van der Waals surface area contributed by atoms with Crippen LogP contribution in [0.3, 0.4) is 0 Å². The average molecular weight is 475 g/mol. The number of aromatic nitrogens is 1. The highest BCUT2D eigenvalue weighted by molar-refractivity contribution is 9.10. The molecular formula is C19H15BrF4N2O3. The Bertz CT molecular complexity index is 974. The average Bonchev–Trinajstić information content (AvgIpc) is 3.40. The van der Waals surface area contributed by atoms with Gasteiger partial charge >= 0.3 is 6.18 Å². The Morgan fingerprint density at radius 3 is 2.52 bits per heavy atom. The molecule has 0 aliphatic heterocycles. The molecule has 1 aliphatic rings. The summed E-state index contributed by atoms with van der Waals surface area (Å²) >= 11 is 2.97. The second-order valence-electron chi connectivity index (χ2n) is 6.87. The molecule has 0 radical (unpaired) electrons. The minimum atomic E-state index is -4.55. The minimum Gasteiger partial charge on any atom is -0.507 e. The van der Waals surface area contributed by atoms with Crippen molar-refractivity contribution in [2.45, 2.75) is 37.4 Å². The van der Waals surface area contributed by atoms with E-state index in [0.717, 1.165) is 12.1 Å². The van der Waals surface area contributed by atoms with Gasteiger partial charge in [-0.2, -0.15) is 13.2 Å². The van der Waals surface area contributed by atoms with Gasteiger partial charge in [-0.1, -0.05) is 0 Å². The van der Waals surface area contributed by atoms with Crippen LogP contribution in [0, 0.1) is 5.82 Å². The summed E-state index contributed by atoms with van der Waals surface area (Å²) in [6.07, 6.45) is -4.18. The van der Waals surface area contributed by atoms with Gasteiger partial charge < -0.3 is 10.4 Å². The van der Waals surface area contributed by atoms with E-state index >= 15 is 0 Å². The lowest BCUT2D eigenvalue weighted by atomic mass is 10.0. The Labute approximate surface area is 171 Å². The Hall–Kier alpha value is -2.49. The predicted octanol–water partition coefficient (Wildman–Crippen LogP) is 3.87. The number of amides is 1. The van der Waals surface area contributed by atoms with Crippen LogP contribution in [0.15, 0.2) is 34.9 Å². The fraction of sp³-hybridized carbons (Fsp3) is 0.316. The van der Waals surface area contributed by atoms with Crippen molar-refractivity contribution in [1.29, 1.82) is 0 Å². The summed E-state index contributed by atoms with van der Waals surface area (Å²) < 4.78 is 53.0. The number of nitrogens with one attached hydrogen (secondary N) is 1. The molecule has 0 saturated heterocycles. The van der Waals surface area contributed by atoms with Crippen molar-refractivity contribution in [3.8, 4) is 5.75 Å². The predicted molar refractivity (Wildman–Crippen MR) is 97.9 cm³/mol. The second-order valence-corrected chi connectivity index (χ2v) is 7.72. The number of benzene rings is 1. The first-order chi connectivity index (χ1) is 13.5. The van der Waals surface area contributed by atoms with E-state index in [9.17, 15) is 32.3 Å². The van der Waals surface area contributed by atoms with E-state index in [4.69, 9.17) is 0 Å². The van der Waals surface area contributed by atoms with E-state index in [1.54, 1.807) is 0 Å². The molecule has 1 amide bonds. The van der Waals surface area contributed by atoms with Crippen LogP contribution in [0.4, 0.5) is 17.6 Å². The number of nitrogens with zero attached hydrogens (tertiary/aromatic N) is 1. The molecule has 2 aromatic rings. The highest BCUT2D eigenvalue weighted by atomic mass is 79.9. The molecule has 1 fully saturated rings. The van der Waals surface area contributed by atoms with Gasteiger partial charge in [-0.3, -0.25) is 14.6 Å². The van der Waals surface area contributed by atoms with Crippen LogP contribution in [0.5, 0.6) is 5.75 Å². The quantitative estimate of drug-likeness (QED) is 0.622. The molecule has 0 unspecified atom stereocenters. The maximum Gasteiger partial charge on any atom is 0.411 e. The number of rotatable bonds is 6. The van der Waals surface area contributed by atoms with E-state index in [2.05, 4.69) is 20.9 Å². The van der Waals surface area contributed by atoms with Crippen molar-refractivity contribution in [2.24, 2.45) is 0 Å². The van der Waals surface area contributed by atoms with Gasteiger partial charge in [-0.25, -0.2) is 4.39 Å². The summed E-state index contributed by atoms with van der Waals surface area (Å²) in [5.41, 5.74) is -2.09. The van der Waals surface area contributed by atoms with Crippen LogP contribution in [-0.4, -0.2) is 33.5 Å². The van der Waals surface area contributed by atoms with Crippen LogP contribution >= 0.6 is 15.9 Å². The third kappa shape index (κ3) is 4.75. The molecule has 1 aromatic carbocycles. The first kappa shape index (κ1) is 21.2. The fourth-order valence-corrected chi connectivity index (χ4v) is 3.13. The van der Waals surface area contributed by atoms with Gasteiger partial charge in [0, 0.05) is 19.0 Å². The SMILES string of the molecule is O=C(Cc1ccnc(C(=O)NC2(C(F)(F)F)CC2)c1)Cc1cc(O)c(Br)cc1F. The Morgan fingerprint density at radius 1 is 1.21 bits per heavy atom. The van der Waals surface area contributed by atoms with Gasteiger partial charge in [-0.15, -0.1) is 0 Å². The van der Waals surface area contributed by atoms with Crippen LogP contribution in [0.25, 0.3) is 0 Å². The lowest BCUT2D eigenvalue weighted by Gasteiger charge is -2.20. The van der Waals surface area contributed by atoms with Gasteiger partial charge in [0.2, 0.25) is 0 Å². The van der Waals surface area contributed by atoms with Gasteiger partial charge in [0.05, 0.1) is 4.47 Å². The zero-order valence-electron chi connectivity index (χ0n) is 14.8. The van der Waals surface area contributed by atoms with E-state index < -0.39 is 29.2 Å². The summed E-state index contributed by atoms with van der Waals surface area (Å²) in [4.78, 5) is 28.2. The number of hydrogen-bond acceptors (Lipinski definition) is 4. The van der Waals surface area contributed by atoms with Crippen molar-refractivity contribution < 1.29 is 32.3 Å². The normalized spacial score (nSPS) is 15.1. The number of halogens is 5. The number of Topliss-reactive ketones (excluding diaryl/α,β-unsaturated/α-hetero) is 1. The highest BCUT2D eigenvalue weighted by Crippen LogP contribution is 2.49. The van der Waals surface area contributed by atoms with Gasteiger partial charge in [-0.05, 0) is 64.2 Å². The lowest BCUT2D eigenvalue weighted by molar-refractivity contribution is -0.163. The number of aromatic hydroxyl groups is 1. The molecule has 1 saturated carbocycles. The van der Waals surface area contributed by atoms with Crippen LogP contribution < -0.4 is 5.32 Å². The molecule has 2 N–H and O–H groups in total. The Morgan fingerprint density at radius 2 is 1.90 bits per heavy atom. The number of pyridine rings is 1. The standard InChI is InChI=1S/C19H15BrF4N2O3/c20-13-9-14(21)11(8-16(13)28)7-12(27)5-10-1-4-25-15(6-10)17(29)26-18(2-3-18)19(22,23)24/h1,4,6,8-9,28H,2-3,5,7H2,(H,26,29).